The summed E-state index contributed by atoms with van der Waals surface area (Å²) in [5.74, 6) is -0.00935. The van der Waals surface area contributed by atoms with Crippen molar-refractivity contribution in [3.8, 4) is 0 Å². The molecule has 0 spiro atoms. The Kier molecular flexibility index (Phi) is 4.24. The topological polar surface area (TPSA) is 70.1 Å². The van der Waals surface area contributed by atoms with Crippen molar-refractivity contribution < 1.29 is 4.39 Å². The number of nitrogens with one attached hydrogen (secondary N) is 2. The lowest BCUT2D eigenvalue weighted by Crippen LogP contribution is -2.12. The zero-order valence-electron chi connectivity index (χ0n) is 11.3. The van der Waals surface area contributed by atoms with Crippen LogP contribution >= 0.6 is 0 Å². The van der Waals surface area contributed by atoms with E-state index >= 15 is 0 Å². The SMILES string of the molecule is CC/C(=N/Nc1nc(C)cc(=O)[nH]1)c1ccc(F)cc1. The van der Waals surface area contributed by atoms with Gasteiger partial charge >= 0.3 is 0 Å². The summed E-state index contributed by atoms with van der Waals surface area (Å²) in [5.41, 5.74) is 4.64. The largest absolute Gasteiger partial charge is 0.291 e. The minimum Gasteiger partial charge on any atom is -0.291 e. The number of halogens is 1. The number of hydrogen-bond acceptors (Lipinski definition) is 4. The maximum Gasteiger partial charge on any atom is 0.252 e. The van der Waals surface area contributed by atoms with E-state index in [-0.39, 0.29) is 17.3 Å². The second kappa shape index (κ2) is 6.10. The maximum absolute atomic E-state index is 12.9. The van der Waals surface area contributed by atoms with Gasteiger partial charge in [-0.1, -0.05) is 19.1 Å². The van der Waals surface area contributed by atoms with E-state index in [1.54, 1.807) is 19.1 Å². The predicted molar refractivity (Wildman–Crippen MR) is 76.4 cm³/mol. The molecule has 0 aliphatic carbocycles. The van der Waals surface area contributed by atoms with Gasteiger partial charge in [0.2, 0.25) is 5.95 Å². The molecule has 1 heterocycles. The van der Waals surface area contributed by atoms with Gasteiger partial charge in [0.1, 0.15) is 5.82 Å². The van der Waals surface area contributed by atoms with E-state index in [9.17, 15) is 9.18 Å². The van der Waals surface area contributed by atoms with Crippen molar-refractivity contribution in [2.45, 2.75) is 20.3 Å². The zero-order valence-corrected chi connectivity index (χ0v) is 11.3. The molecule has 0 saturated carbocycles. The van der Waals surface area contributed by atoms with Crippen molar-refractivity contribution in [3.63, 3.8) is 0 Å². The maximum atomic E-state index is 12.9. The van der Waals surface area contributed by atoms with E-state index in [4.69, 9.17) is 0 Å². The molecule has 0 atom stereocenters. The first-order valence-electron chi connectivity index (χ1n) is 6.25. The number of anilines is 1. The van der Waals surface area contributed by atoms with Crippen LogP contribution in [-0.2, 0) is 0 Å². The highest BCUT2D eigenvalue weighted by Crippen LogP contribution is 2.07. The van der Waals surface area contributed by atoms with Crippen molar-refractivity contribution in [3.05, 3.63) is 57.8 Å². The van der Waals surface area contributed by atoms with E-state index in [2.05, 4.69) is 20.5 Å². The van der Waals surface area contributed by atoms with Gasteiger partial charge in [0.15, 0.2) is 0 Å². The van der Waals surface area contributed by atoms with Crippen LogP contribution in [0.3, 0.4) is 0 Å². The number of nitrogens with zero attached hydrogens (tertiary/aromatic N) is 2. The van der Waals surface area contributed by atoms with Crippen LogP contribution in [0.5, 0.6) is 0 Å². The second-order valence-electron chi connectivity index (χ2n) is 4.27. The third kappa shape index (κ3) is 3.50. The Bertz CT molecular complexity index is 676. The molecule has 104 valence electrons. The number of aromatic amines is 1. The third-order valence-corrected chi connectivity index (χ3v) is 2.68. The van der Waals surface area contributed by atoms with Crippen molar-refractivity contribution in [2.75, 3.05) is 5.43 Å². The van der Waals surface area contributed by atoms with Gasteiger partial charge < -0.3 is 0 Å². The molecule has 0 amide bonds. The van der Waals surface area contributed by atoms with E-state index < -0.39 is 0 Å². The van der Waals surface area contributed by atoms with Gasteiger partial charge in [-0.3, -0.25) is 9.78 Å². The third-order valence-electron chi connectivity index (χ3n) is 2.68. The first kappa shape index (κ1) is 13.9. The lowest BCUT2D eigenvalue weighted by Gasteiger charge is -2.05. The molecule has 5 nitrogen and oxygen atoms in total. The van der Waals surface area contributed by atoms with Gasteiger partial charge in [-0.2, -0.15) is 5.10 Å². The molecule has 20 heavy (non-hydrogen) atoms. The molecule has 1 aromatic heterocycles. The van der Waals surface area contributed by atoms with Crippen LogP contribution in [0.4, 0.5) is 10.3 Å². The van der Waals surface area contributed by atoms with Crippen molar-refractivity contribution in [1.82, 2.24) is 9.97 Å². The lowest BCUT2D eigenvalue weighted by atomic mass is 10.1. The molecule has 0 saturated heterocycles. The highest BCUT2D eigenvalue weighted by atomic mass is 19.1. The molecule has 2 rings (SSSR count). The van der Waals surface area contributed by atoms with Gasteiger partial charge in [-0.25, -0.2) is 14.8 Å². The van der Waals surface area contributed by atoms with Gasteiger partial charge in [-0.05, 0) is 31.0 Å². The Morgan fingerprint density at radius 2 is 2.10 bits per heavy atom. The molecule has 0 bridgehead atoms. The predicted octanol–water partition coefficient (Wildman–Crippen LogP) is 2.44. The Morgan fingerprint density at radius 3 is 2.70 bits per heavy atom. The van der Waals surface area contributed by atoms with Crippen molar-refractivity contribution in [1.29, 1.82) is 0 Å². The highest BCUT2D eigenvalue weighted by Gasteiger charge is 2.02. The number of aryl methyl sites for hydroxylation is 1. The Labute approximate surface area is 115 Å². The van der Waals surface area contributed by atoms with Crippen LogP contribution in [0.2, 0.25) is 0 Å². The fourth-order valence-electron chi connectivity index (χ4n) is 1.74. The summed E-state index contributed by atoms with van der Waals surface area (Å²) in [6.45, 7) is 3.67. The monoisotopic (exact) mass is 274 g/mol. The van der Waals surface area contributed by atoms with Crippen LogP contribution < -0.4 is 11.0 Å². The smallest absolute Gasteiger partial charge is 0.252 e. The molecule has 0 fully saturated rings. The molecule has 1 aromatic carbocycles. The Hall–Kier alpha value is -2.50. The average molecular weight is 274 g/mol. The van der Waals surface area contributed by atoms with E-state index in [0.29, 0.717) is 12.1 Å². The summed E-state index contributed by atoms with van der Waals surface area (Å²) in [5, 5.41) is 4.21. The van der Waals surface area contributed by atoms with E-state index in [0.717, 1.165) is 11.3 Å². The molecule has 0 radical (unpaired) electrons. The number of H-pyrrole nitrogens is 1. The summed E-state index contributed by atoms with van der Waals surface area (Å²) in [6.07, 6.45) is 0.661. The van der Waals surface area contributed by atoms with Crippen LogP contribution in [0.25, 0.3) is 0 Å². The molecule has 0 aliphatic heterocycles. The van der Waals surface area contributed by atoms with Crippen LogP contribution in [0, 0.1) is 12.7 Å². The van der Waals surface area contributed by atoms with E-state index in [1.165, 1.54) is 18.2 Å². The normalized spacial score (nSPS) is 11.4. The van der Waals surface area contributed by atoms with Gasteiger partial charge in [0.05, 0.1) is 5.71 Å². The second-order valence-corrected chi connectivity index (χ2v) is 4.27. The molecular weight excluding hydrogens is 259 g/mol. The number of benzene rings is 1. The first-order chi connectivity index (χ1) is 9.58. The Balaban J connectivity index is 2.23. The van der Waals surface area contributed by atoms with E-state index in [1.807, 2.05) is 6.92 Å². The van der Waals surface area contributed by atoms with Gasteiger partial charge in [-0.15, -0.1) is 0 Å². The molecule has 0 unspecified atom stereocenters. The summed E-state index contributed by atoms with van der Waals surface area (Å²) < 4.78 is 12.9. The molecule has 0 aliphatic rings. The van der Waals surface area contributed by atoms with Gasteiger partial charge in [0, 0.05) is 11.8 Å². The molecule has 2 aromatic rings. The number of hydrazone groups is 1. The summed E-state index contributed by atoms with van der Waals surface area (Å²) in [6, 6.07) is 7.48. The fraction of sp³-hybridized carbons (Fsp3) is 0.214. The molecule has 6 heteroatoms. The molecule has 2 N–H and O–H groups in total. The highest BCUT2D eigenvalue weighted by molar-refractivity contribution is 6.00. The number of hydrogen-bond donors (Lipinski definition) is 2. The van der Waals surface area contributed by atoms with Crippen molar-refractivity contribution in [2.24, 2.45) is 5.10 Å². The summed E-state index contributed by atoms with van der Waals surface area (Å²) in [7, 11) is 0. The minimum atomic E-state index is -0.290. The van der Waals surface area contributed by atoms with Crippen LogP contribution in [-0.4, -0.2) is 15.7 Å². The van der Waals surface area contributed by atoms with Gasteiger partial charge in [0.25, 0.3) is 5.56 Å². The average Bonchev–Trinajstić information content (AvgIpc) is 2.40. The quantitative estimate of drug-likeness (QED) is 0.664. The standard InChI is InChI=1S/C14H15FN4O/c1-3-12(10-4-6-11(15)7-5-10)18-19-14-16-9(2)8-13(20)17-14/h4-8H,3H2,1-2H3,(H2,16,17,19,20)/b18-12-. The first-order valence-corrected chi connectivity index (χ1v) is 6.25. The Morgan fingerprint density at radius 1 is 1.40 bits per heavy atom. The number of rotatable bonds is 4. The zero-order chi connectivity index (χ0) is 14.5. The van der Waals surface area contributed by atoms with Crippen molar-refractivity contribution >= 4 is 11.7 Å². The minimum absolute atomic E-state index is 0.241. The number of aromatic nitrogens is 2. The lowest BCUT2D eigenvalue weighted by molar-refractivity contribution is 0.627. The summed E-state index contributed by atoms with van der Waals surface area (Å²) in [4.78, 5) is 18.0. The molecular formula is C14H15FN4O. The van der Waals surface area contributed by atoms with Crippen LogP contribution in [0.1, 0.15) is 24.6 Å². The summed E-state index contributed by atoms with van der Waals surface area (Å²) >= 11 is 0. The fourth-order valence-corrected chi connectivity index (χ4v) is 1.74. The van der Waals surface area contributed by atoms with Crippen LogP contribution in [0.15, 0.2) is 40.2 Å².